The van der Waals surface area contributed by atoms with Gasteiger partial charge in [0.1, 0.15) is 11.5 Å². The Balaban J connectivity index is 1.69. The normalized spacial score (nSPS) is 10.4. The maximum Gasteiger partial charge on any atom is 0.264 e. The van der Waals surface area contributed by atoms with Gasteiger partial charge in [0.25, 0.3) is 5.89 Å². The highest BCUT2D eigenvalue weighted by Gasteiger charge is 2.09. The number of ether oxygens (including phenoxy) is 1. The van der Waals surface area contributed by atoms with Crippen molar-refractivity contribution in [1.82, 2.24) is 10.1 Å². The fourth-order valence-corrected chi connectivity index (χ4v) is 1.70. The third kappa shape index (κ3) is 2.77. The van der Waals surface area contributed by atoms with Crippen molar-refractivity contribution >= 4 is 0 Å². The van der Waals surface area contributed by atoms with E-state index in [1.165, 1.54) is 0 Å². The van der Waals surface area contributed by atoms with Gasteiger partial charge in [0.2, 0.25) is 5.82 Å². The molecule has 1 heterocycles. The fraction of sp³-hybridized carbons (Fsp3) is 0.0667. The van der Waals surface area contributed by atoms with Crippen LogP contribution in [0, 0.1) is 0 Å². The third-order valence-corrected chi connectivity index (χ3v) is 2.70. The minimum atomic E-state index is 0.199. The van der Waals surface area contributed by atoms with Crippen molar-refractivity contribution in [3.63, 3.8) is 0 Å². The molecule has 20 heavy (non-hydrogen) atoms. The van der Waals surface area contributed by atoms with Crippen molar-refractivity contribution in [3.8, 4) is 22.9 Å². The average molecular weight is 268 g/mol. The highest BCUT2D eigenvalue weighted by Crippen LogP contribution is 2.19. The van der Waals surface area contributed by atoms with Gasteiger partial charge in [0.05, 0.1) is 0 Å². The van der Waals surface area contributed by atoms with Gasteiger partial charge in [0.15, 0.2) is 6.61 Å². The van der Waals surface area contributed by atoms with Crippen molar-refractivity contribution in [2.45, 2.75) is 6.61 Å². The number of aromatic hydroxyl groups is 1. The molecule has 1 aromatic heterocycles. The third-order valence-electron chi connectivity index (χ3n) is 2.70. The Morgan fingerprint density at radius 1 is 1.00 bits per heavy atom. The Morgan fingerprint density at radius 3 is 2.50 bits per heavy atom. The van der Waals surface area contributed by atoms with E-state index in [0.29, 0.717) is 11.7 Å². The molecule has 3 aromatic rings. The summed E-state index contributed by atoms with van der Waals surface area (Å²) in [5.41, 5.74) is 0.775. The second kappa shape index (κ2) is 5.44. The summed E-state index contributed by atoms with van der Waals surface area (Å²) in [5, 5.41) is 13.1. The number of hydrogen-bond acceptors (Lipinski definition) is 5. The Labute approximate surface area is 115 Å². The molecule has 0 atom stereocenters. The molecule has 0 fully saturated rings. The number of benzene rings is 2. The molecule has 0 aliphatic rings. The van der Waals surface area contributed by atoms with E-state index in [-0.39, 0.29) is 12.4 Å². The molecule has 0 unspecified atom stereocenters. The van der Waals surface area contributed by atoms with E-state index in [1.54, 1.807) is 24.3 Å². The second-order valence-corrected chi connectivity index (χ2v) is 4.16. The number of aromatic nitrogens is 2. The van der Waals surface area contributed by atoms with Crippen LogP contribution in [0.2, 0.25) is 0 Å². The van der Waals surface area contributed by atoms with Crippen LogP contribution in [-0.2, 0) is 6.61 Å². The second-order valence-electron chi connectivity index (χ2n) is 4.16. The largest absolute Gasteiger partial charge is 0.508 e. The zero-order chi connectivity index (χ0) is 13.8. The molecule has 0 saturated heterocycles. The Morgan fingerprint density at radius 2 is 1.75 bits per heavy atom. The first-order chi connectivity index (χ1) is 9.81. The summed E-state index contributed by atoms with van der Waals surface area (Å²) in [6, 6.07) is 16.0. The molecule has 0 aliphatic heterocycles. The van der Waals surface area contributed by atoms with Gasteiger partial charge in [0, 0.05) is 5.56 Å². The number of rotatable bonds is 4. The van der Waals surface area contributed by atoms with Gasteiger partial charge >= 0.3 is 0 Å². The van der Waals surface area contributed by atoms with Crippen LogP contribution in [0.1, 0.15) is 5.89 Å². The predicted molar refractivity (Wildman–Crippen MR) is 72.2 cm³/mol. The monoisotopic (exact) mass is 268 g/mol. The Hall–Kier alpha value is -2.82. The van der Waals surface area contributed by atoms with Crippen LogP contribution in [0.4, 0.5) is 0 Å². The summed E-state index contributed by atoms with van der Waals surface area (Å²) in [4.78, 5) is 4.24. The first-order valence-electron chi connectivity index (χ1n) is 6.11. The Bertz CT molecular complexity index is 678. The van der Waals surface area contributed by atoms with Crippen molar-refractivity contribution in [2.75, 3.05) is 0 Å². The Kier molecular flexibility index (Phi) is 3.33. The topological polar surface area (TPSA) is 68.4 Å². The van der Waals surface area contributed by atoms with Gasteiger partial charge in [-0.25, -0.2) is 0 Å². The van der Waals surface area contributed by atoms with E-state index in [9.17, 15) is 5.11 Å². The van der Waals surface area contributed by atoms with Crippen LogP contribution in [0.25, 0.3) is 11.4 Å². The van der Waals surface area contributed by atoms with E-state index in [1.807, 2.05) is 30.3 Å². The molecule has 2 aromatic carbocycles. The van der Waals surface area contributed by atoms with Gasteiger partial charge in [-0.05, 0) is 36.4 Å². The van der Waals surface area contributed by atoms with Gasteiger partial charge in [-0.1, -0.05) is 23.4 Å². The summed E-state index contributed by atoms with van der Waals surface area (Å²) < 4.78 is 10.6. The predicted octanol–water partition coefficient (Wildman–Crippen LogP) is 3.02. The smallest absolute Gasteiger partial charge is 0.264 e. The van der Waals surface area contributed by atoms with Crippen LogP contribution < -0.4 is 4.74 Å². The average Bonchev–Trinajstić information content (AvgIpc) is 2.96. The molecule has 0 amide bonds. The van der Waals surface area contributed by atoms with Gasteiger partial charge in [-0.2, -0.15) is 4.98 Å². The number of para-hydroxylation sites is 1. The van der Waals surface area contributed by atoms with Gasteiger partial charge < -0.3 is 14.4 Å². The van der Waals surface area contributed by atoms with Crippen LogP contribution in [0.15, 0.2) is 59.1 Å². The summed E-state index contributed by atoms with van der Waals surface area (Å²) in [5.74, 6) is 1.82. The lowest BCUT2D eigenvalue weighted by Crippen LogP contribution is -1.95. The zero-order valence-corrected chi connectivity index (χ0v) is 10.6. The maximum absolute atomic E-state index is 9.23. The van der Waals surface area contributed by atoms with Crippen LogP contribution in [0.3, 0.4) is 0 Å². The van der Waals surface area contributed by atoms with E-state index in [0.717, 1.165) is 11.3 Å². The first kappa shape index (κ1) is 12.2. The highest BCUT2D eigenvalue weighted by atomic mass is 16.5. The lowest BCUT2D eigenvalue weighted by atomic mass is 10.2. The molecule has 0 bridgehead atoms. The lowest BCUT2D eigenvalue weighted by Gasteiger charge is -2.01. The molecule has 3 rings (SSSR count). The summed E-state index contributed by atoms with van der Waals surface area (Å²) in [6.45, 7) is 0.217. The molecule has 0 aliphatic carbocycles. The fourth-order valence-electron chi connectivity index (χ4n) is 1.70. The number of phenolic OH excluding ortho intramolecular Hbond substituents is 1. The lowest BCUT2D eigenvalue weighted by molar-refractivity contribution is 0.243. The minimum absolute atomic E-state index is 0.199. The van der Waals surface area contributed by atoms with Crippen LogP contribution >= 0.6 is 0 Å². The van der Waals surface area contributed by atoms with Crippen molar-refractivity contribution in [2.24, 2.45) is 0 Å². The quantitative estimate of drug-likeness (QED) is 0.787. The molecule has 0 saturated carbocycles. The summed E-state index contributed by atoms with van der Waals surface area (Å²) >= 11 is 0. The molecule has 1 N–H and O–H groups in total. The van der Waals surface area contributed by atoms with Crippen molar-refractivity contribution < 1.29 is 14.4 Å². The summed E-state index contributed by atoms with van der Waals surface area (Å²) in [6.07, 6.45) is 0. The van der Waals surface area contributed by atoms with Crippen molar-refractivity contribution in [1.29, 1.82) is 0 Å². The maximum atomic E-state index is 9.23. The molecular formula is C15H12N2O3. The molecular weight excluding hydrogens is 256 g/mol. The molecule has 0 radical (unpaired) electrons. The van der Waals surface area contributed by atoms with E-state index < -0.39 is 0 Å². The SMILES string of the molecule is Oc1ccc(-c2noc(COc3ccccc3)n2)cc1. The van der Waals surface area contributed by atoms with E-state index >= 15 is 0 Å². The van der Waals surface area contributed by atoms with Gasteiger partial charge in [-0.3, -0.25) is 0 Å². The van der Waals surface area contributed by atoms with Gasteiger partial charge in [-0.15, -0.1) is 0 Å². The number of hydrogen-bond donors (Lipinski definition) is 1. The van der Waals surface area contributed by atoms with Crippen LogP contribution in [0.5, 0.6) is 11.5 Å². The van der Waals surface area contributed by atoms with E-state index in [4.69, 9.17) is 9.26 Å². The molecule has 5 heteroatoms. The number of nitrogens with zero attached hydrogens (tertiary/aromatic N) is 2. The van der Waals surface area contributed by atoms with Crippen molar-refractivity contribution in [3.05, 3.63) is 60.5 Å². The standard InChI is InChI=1S/C15H12N2O3/c18-12-8-6-11(7-9-12)15-16-14(20-17-15)10-19-13-4-2-1-3-5-13/h1-9,18H,10H2. The zero-order valence-electron chi connectivity index (χ0n) is 10.6. The van der Waals surface area contributed by atoms with Crippen LogP contribution in [-0.4, -0.2) is 15.2 Å². The minimum Gasteiger partial charge on any atom is -0.508 e. The molecule has 100 valence electrons. The summed E-state index contributed by atoms with van der Waals surface area (Å²) in [7, 11) is 0. The molecule has 0 spiro atoms. The number of phenols is 1. The van der Waals surface area contributed by atoms with E-state index in [2.05, 4.69) is 10.1 Å². The molecule has 5 nitrogen and oxygen atoms in total. The highest BCUT2D eigenvalue weighted by molar-refractivity contribution is 5.55. The first-order valence-corrected chi connectivity index (χ1v) is 6.11.